The topological polar surface area (TPSA) is 64.7 Å². The van der Waals surface area contributed by atoms with E-state index in [2.05, 4.69) is 0 Å². The van der Waals surface area contributed by atoms with Crippen LogP contribution in [0.5, 0.6) is 0 Å². The van der Waals surface area contributed by atoms with Crippen LogP contribution in [-0.2, 0) is 9.47 Å². The Morgan fingerprint density at radius 3 is 2.73 bits per heavy atom. The highest BCUT2D eigenvalue weighted by molar-refractivity contribution is 4.82. The molecule has 4 nitrogen and oxygen atoms in total. The molecule has 1 aliphatic rings. The van der Waals surface area contributed by atoms with E-state index in [1.165, 1.54) is 0 Å². The largest absolute Gasteiger partial charge is 0.389 e. The molecule has 0 aromatic rings. The van der Waals surface area contributed by atoms with Gasteiger partial charge in [-0.1, -0.05) is 0 Å². The van der Waals surface area contributed by atoms with E-state index in [1.807, 2.05) is 0 Å². The monoisotopic (exact) mass is 161 g/mol. The molecule has 3 N–H and O–H groups in total. The molecule has 1 aliphatic heterocycles. The van der Waals surface area contributed by atoms with Gasteiger partial charge in [-0.05, 0) is 6.92 Å². The third-order valence-corrected chi connectivity index (χ3v) is 2.01. The Kier molecular flexibility index (Phi) is 2.84. The van der Waals surface area contributed by atoms with Gasteiger partial charge in [-0.15, -0.1) is 0 Å². The Morgan fingerprint density at radius 2 is 2.27 bits per heavy atom. The van der Waals surface area contributed by atoms with Crippen molar-refractivity contribution < 1.29 is 14.6 Å². The Morgan fingerprint density at radius 1 is 1.64 bits per heavy atom. The Labute approximate surface area is 66.3 Å². The lowest BCUT2D eigenvalue weighted by molar-refractivity contribution is -0.211. The number of hydrogen-bond acceptors (Lipinski definition) is 4. The predicted octanol–water partition coefficient (Wildman–Crippen LogP) is -0.544. The normalized spacial score (nSPS) is 45.8. The summed E-state index contributed by atoms with van der Waals surface area (Å²) in [6, 6.07) is -0.233. The molecule has 1 heterocycles. The van der Waals surface area contributed by atoms with E-state index in [0.29, 0.717) is 6.42 Å². The number of aliphatic hydroxyl groups is 1. The minimum Gasteiger partial charge on any atom is -0.389 e. The maximum Gasteiger partial charge on any atom is 0.159 e. The quantitative estimate of drug-likeness (QED) is 0.542. The summed E-state index contributed by atoms with van der Waals surface area (Å²) in [6.45, 7) is 1.79. The summed E-state index contributed by atoms with van der Waals surface area (Å²) >= 11 is 0. The fourth-order valence-corrected chi connectivity index (χ4v) is 1.24. The van der Waals surface area contributed by atoms with Crippen molar-refractivity contribution in [3.8, 4) is 0 Å². The highest BCUT2D eigenvalue weighted by Gasteiger charge is 2.32. The average Bonchev–Trinajstić information content (AvgIpc) is 1.99. The molecule has 0 saturated carbocycles. The van der Waals surface area contributed by atoms with E-state index in [9.17, 15) is 5.11 Å². The van der Waals surface area contributed by atoms with E-state index >= 15 is 0 Å². The molecule has 1 fully saturated rings. The van der Waals surface area contributed by atoms with Crippen molar-refractivity contribution in [1.82, 2.24) is 0 Å². The van der Waals surface area contributed by atoms with E-state index in [4.69, 9.17) is 15.2 Å². The zero-order valence-electron chi connectivity index (χ0n) is 6.86. The van der Waals surface area contributed by atoms with Gasteiger partial charge in [0.2, 0.25) is 0 Å². The van der Waals surface area contributed by atoms with Crippen molar-refractivity contribution in [2.75, 3.05) is 7.11 Å². The minimum atomic E-state index is -0.568. The summed E-state index contributed by atoms with van der Waals surface area (Å²) in [4.78, 5) is 0. The molecule has 0 aliphatic carbocycles. The summed E-state index contributed by atoms with van der Waals surface area (Å²) in [5, 5.41) is 9.35. The van der Waals surface area contributed by atoms with Gasteiger partial charge in [0.1, 0.15) is 0 Å². The van der Waals surface area contributed by atoms with Crippen LogP contribution in [0.3, 0.4) is 0 Å². The number of nitrogens with two attached hydrogens (primary N) is 1. The SMILES string of the molecule is COC1C[C@H](N)[C@H](O)C(C)O1. The van der Waals surface area contributed by atoms with E-state index in [-0.39, 0.29) is 18.4 Å². The summed E-state index contributed by atoms with van der Waals surface area (Å²) < 4.78 is 10.2. The smallest absolute Gasteiger partial charge is 0.159 e. The number of aliphatic hydroxyl groups excluding tert-OH is 1. The fraction of sp³-hybridized carbons (Fsp3) is 1.00. The zero-order chi connectivity index (χ0) is 8.43. The average molecular weight is 161 g/mol. The van der Waals surface area contributed by atoms with E-state index in [1.54, 1.807) is 14.0 Å². The first-order valence-corrected chi connectivity index (χ1v) is 3.77. The van der Waals surface area contributed by atoms with Crippen LogP contribution < -0.4 is 5.73 Å². The van der Waals surface area contributed by atoms with Crippen LogP contribution in [0.4, 0.5) is 0 Å². The summed E-state index contributed by atoms with van der Waals surface area (Å²) in [7, 11) is 1.57. The first-order valence-electron chi connectivity index (χ1n) is 3.77. The summed E-state index contributed by atoms with van der Waals surface area (Å²) in [6.07, 6.45) is -0.504. The molecule has 0 spiro atoms. The predicted molar refractivity (Wildman–Crippen MR) is 39.9 cm³/mol. The van der Waals surface area contributed by atoms with Gasteiger partial charge in [-0.3, -0.25) is 0 Å². The third-order valence-electron chi connectivity index (χ3n) is 2.01. The molecule has 1 saturated heterocycles. The molecule has 4 atom stereocenters. The van der Waals surface area contributed by atoms with Crippen LogP contribution >= 0.6 is 0 Å². The molecule has 11 heavy (non-hydrogen) atoms. The van der Waals surface area contributed by atoms with Crippen molar-refractivity contribution in [2.45, 2.75) is 37.9 Å². The molecule has 2 unspecified atom stereocenters. The van der Waals surface area contributed by atoms with Crippen LogP contribution in [0.15, 0.2) is 0 Å². The van der Waals surface area contributed by atoms with Gasteiger partial charge in [0.05, 0.1) is 12.2 Å². The van der Waals surface area contributed by atoms with Crippen molar-refractivity contribution in [2.24, 2.45) is 5.73 Å². The second-order valence-corrected chi connectivity index (χ2v) is 2.90. The molecule has 4 heteroatoms. The first kappa shape index (κ1) is 8.93. The van der Waals surface area contributed by atoms with Gasteiger partial charge >= 0.3 is 0 Å². The third kappa shape index (κ3) is 1.90. The van der Waals surface area contributed by atoms with Crippen molar-refractivity contribution in [3.63, 3.8) is 0 Å². The number of methoxy groups -OCH3 is 1. The second-order valence-electron chi connectivity index (χ2n) is 2.90. The van der Waals surface area contributed by atoms with E-state index in [0.717, 1.165) is 0 Å². The highest BCUT2D eigenvalue weighted by atomic mass is 16.7. The van der Waals surface area contributed by atoms with E-state index < -0.39 is 6.10 Å². The zero-order valence-corrected chi connectivity index (χ0v) is 6.86. The Hall–Kier alpha value is -0.160. The molecular formula is C7H15NO3. The van der Waals surface area contributed by atoms with Crippen molar-refractivity contribution in [1.29, 1.82) is 0 Å². The summed E-state index contributed by atoms with van der Waals surface area (Å²) in [5.74, 6) is 0. The molecule has 0 amide bonds. The Bertz CT molecular complexity index is 119. The van der Waals surface area contributed by atoms with Gasteiger partial charge in [0.15, 0.2) is 6.29 Å². The second kappa shape index (κ2) is 3.49. The van der Waals surface area contributed by atoms with Crippen LogP contribution in [0, 0.1) is 0 Å². The molecule has 1 rings (SSSR count). The summed E-state index contributed by atoms with van der Waals surface area (Å²) in [5.41, 5.74) is 5.62. The fourth-order valence-electron chi connectivity index (χ4n) is 1.24. The maximum absolute atomic E-state index is 9.35. The minimum absolute atomic E-state index is 0.233. The lowest BCUT2D eigenvalue weighted by Gasteiger charge is -2.35. The number of ether oxygens (including phenoxy) is 2. The first-order chi connectivity index (χ1) is 5.15. The maximum atomic E-state index is 9.35. The van der Waals surface area contributed by atoms with Gasteiger partial charge in [0.25, 0.3) is 0 Å². The molecule has 0 aromatic carbocycles. The highest BCUT2D eigenvalue weighted by Crippen LogP contribution is 2.18. The van der Waals surface area contributed by atoms with Crippen molar-refractivity contribution in [3.05, 3.63) is 0 Å². The van der Waals surface area contributed by atoms with Crippen LogP contribution in [0.2, 0.25) is 0 Å². The molecule has 0 bridgehead atoms. The molecule has 0 aromatic heterocycles. The van der Waals surface area contributed by atoms with Gasteiger partial charge in [-0.25, -0.2) is 0 Å². The molecular weight excluding hydrogens is 146 g/mol. The number of hydrogen-bond donors (Lipinski definition) is 2. The van der Waals surface area contributed by atoms with Gasteiger partial charge < -0.3 is 20.3 Å². The lowest BCUT2D eigenvalue weighted by atomic mass is 10.0. The standard InChI is InChI=1S/C7H15NO3/c1-4-7(9)5(8)3-6(10-2)11-4/h4-7,9H,3,8H2,1-2H3/t4?,5-,6?,7+/m0/s1. The van der Waals surface area contributed by atoms with Crippen LogP contribution in [-0.4, -0.2) is 36.8 Å². The van der Waals surface area contributed by atoms with Crippen LogP contribution in [0.25, 0.3) is 0 Å². The van der Waals surface area contributed by atoms with Crippen molar-refractivity contribution >= 4 is 0 Å². The molecule has 66 valence electrons. The van der Waals surface area contributed by atoms with Gasteiger partial charge in [0, 0.05) is 19.6 Å². The Balaban J connectivity index is 2.47. The number of rotatable bonds is 1. The molecule has 0 radical (unpaired) electrons. The van der Waals surface area contributed by atoms with Gasteiger partial charge in [-0.2, -0.15) is 0 Å². The lowest BCUT2D eigenvalue weighted by Crippen LogP contribution is -2.51. The van der Waals surface area contributed by atoms with Crippen LogP contribution in [0.1, 0.15) is 13.3 Å².